The lowest BCUT2D eigenvalue weighted by Crippen LogP contribution is -2.51. The molecule has 1 aromatic rings. The number of hydrogen-bond donors (Lipinski definition) is 1. The van der Waals surface area contributed by atoms with Crippen LogP contribution in [0.2, 0.25) is 0 Å². The van der Waals surface area contributed by atoms with Crippen LogP contribution < -0.4 is 0 Å². The summed E-state index contributed by atoms with van der Waals surface area (Å²) in [6.07, 6.45) is -3.05. The molecule has 0 spiro atoms. The van der Waals surface area contributed by atoms with E-state index >= 15 is 0 Å². The number of carboxylic acid groups (broad SMARTS) is 1. The molecule has 2 aliphatic rings. The molecule has 2 amide bonds. The van der Waals surface area contributed by atoms with Crippen molar-refractivity contribution in [2.45, 2.75) is 25.4 Å². The number of piperazine rings is 1. The van der Waals surface area contributed by atoms with Gasteiger partial charge in [0.05, 0.1) is 11.5 Å². The fourth-order valence-electron chi connectivity index (χ4n) is 3.80. The molecule has 0 unspecified atom stereocenters. The largest absolute Gasteiger partial charge is 0.481 e. The molecule has 2 atom stereocenters. The molecule has 1 aliphatic carbocycles. The number of hydrogen-bond acceptors (Lipinski definition) is 3. The van der Waals surface area contributed by atoms with Crippen LogP contribution >= 0.6 is 0 Å². The third-order valence-electron chi connectivity index (χ3n) is 5.47. The number of aliphatic carboxylic acids is 1. The monoisotopic (exact) mass is 398 g/mol. The molecule has 6 nitrogen and oxygen atoms in total. The van der Waals surface area contributed by atoms with Crippen LogP contribution in [0, 0.1) is 11.8 Å². The number of carboxylic acids is 1. The number of rotatable bonds is 3. The first-order chi connectivity index (χ1) is 13.2. The van der Waals surface area contributed by atoms with Crippen molar-refractivity contribution in [3.05, 3.63) is 35.4 Å². The standard InChI is InChI=1S/C19H21F3N2O4/c20-19(21,22)15-5-3-12(4-6-15)16(25)23-7-9-24(10-8-23)17(26)13-1-2-14(11-13)18(27)28/h3-6,13-14H,1-2,7-11H2,(H,27,28)/t13-,14+/m0/s1. The number of nitrogens with zero attached hydrogens (tertiary/aromatic N) is 2. The van der Waals surface area contributed by atoms with Crippen LogP contribution in [0.15, 0.2) is 24.3 Å². The van der Waals surface area contributed by atoms with Crippen LogP contribution in [0.1, 0.15) is 35.2 Å². The Labute approximate surface area is 159 Å². The maximum Gasteiger partial charge on any atom is 0.416 e. The fraction of sp³-hybridized carbons (Fsp3) is 0.526. The second-order valence-corrected chi connectivity index (χ2v) is 7.24. The van der Waals surface area contributed by atoms with Gasteiger partial charge < -0.3 is 14.9 Å². The summed E-state index contributed by atoms with van der Waals surface area (Å²) in [5.41, 5.74) is -0.636. The first-order valence-electron chi connectivity index (χ1n) is 9.15. The van der Waals surface area contributed by atoms with E-state index in [2.05, 4.69) is 0 Å². The van der Waals surface area contributed by atoms with E-state index in [-0.39, 0.29) is 23.3 Å². The predicted molar refractivity (Wildman–Crippen MR) is 92.4 cm³/mol. The van der Waals surface area contributed by atoms with Gasteiger partial charge in [-0.25, -0.2) is 0 Å². The number of halogens is 3. The van der Waals surface area contributed by atoms with E-state index in [0.717, 1.165) is 24.3 Å². The van der Waals surface area contributed by atoms with Gasteiger partial charge in [-0.05, 0) is 43.5 Å². The summed E-state index contributed by atoms with van der Waals surface area (Å²) in [7, 11) is 0. The predicted octanol–water partition coefficient (Wildman–Crippen LogP) is 2.49. The van der Waals surface area contributed by atoms with Crippen LogP contribution in [-0.2, 0) is 15.8 Å². The van der Waals surface area contributed by atoms with E-state index in [1.165, 1.54) is 4.90 Å². The number of alkyl halides is 3. The molecule has 1 saturated carbocycles. The lowest BCUT2D eigenvalue weighted by molar-refractivity contribution is -0.142. The van der Waals surface area contributed by atoms with Crippen molar-refractivity contribution in [2.24, 2.45) is 11.8 Å². The van der Waals surface area contributed by atoms with Crippen molar-refractivity contribution in [1.82, 2.24) is 9.80 Å². The van der Waals surface area contributed by atoms with Crippen LogP contribution in [-0.4, -0.2) is 58.9 Å². The highest BCUT2D eigenvalue weighted by Gasteiger charge is 2.37. The van der Waals surface area contributed by atoms with Crippen LogP contribution in [0.4, 0.5) is 13.2 Å². The van der Waals surface area contributed by atoms with Crippen molar-refractivity contribution in [1.29, 1.82) is 0 Å². The van der Waals surface area contributed by atoms with Gasteiger partial charge in [-0.1, -0.05) is 0 Å². The van der Waals surface area contributed by atoms with Crippen LogP contribution in [0.25, 0.3) is 0 Å². The molecular weight excluding hydrogens is 377 g/mol. The Morgan fingerprint density at radius 3 is 1.93 bits per heavy atom. The Hall–Kier alpha value is -2.58. The highest BCUT2D eigenvalue weighted by molar-refractivity contribution is 5.94. The lowest BCUT2D eigenvalue weighted by atomic mass is 10.0. The minimum Gasteiger partial charge on any atom is -0.481 e. The summed E-state index contributed by atoms with van der Waals surface area (Å²) in [5, 5.41) is 9.06. The lowest BCUT2D eigenvalue weighted by Gasteiger charge is -2.36. The average molecular weight is 398 g/mol. The van der Waals surface area contributed by atoms with E-state index in [1.54, 1.807) is 4.90 Å². The third kappa shape index (κ3) is 4.28. The van der Waals surface area contributed by atoms with E-state index in [0.29, 0.717) is 45.4 Å². The minimum atomic E-state index is -4.45. The molecule has 0 radical (unpaired) electrons. The van der Waals surface area contributed by atoms with Crippen molar-refractivity contribution < 1.29 is 32.7 Å². The van der Waals surface area contributed by atoms with Crippen molar-refractivity contribution in [2.75, 3.05) is 26.2 Å². The van der Waals surface area contributed by atoms with Gasteiger partial charge in [0.25, 0.3) is 5.91 Å². The second-order valence-electron chi connectivity index (χ2n) is 7.24. The first-order valence-corrected chi connectivity index (χ1v) is 9.15. The molecule has 1 aliphatic heterocycles. The normalized spacial score (nSPS) is 23.0. The van der Waals surface area contributed by atoms with Gasteiger partial charge in [0.15, 0.2) is 0 Å². The molecule has 0 bridgehead atoms. The van der Waals surface area contributed by atoms with Gasteiger partial charge >= 0.3 is 12.1 Å². The molecule has 28 heavy (non-hydrogen) atoms. The number of carbonyl (C=O) groups is 3. The fourth-order valence-corrected chi connectivity index (χ4v) is 3.80. The van der Waals surface area contributed by atoms with E-state index in [4.69, 9.17) is 5.11 Å². The zero-order valence-corrected chi connectivity index (χ0v) is 15.1. The summed E-state index contributed by atoms with van der Waals surface area (Å²) in [6.45, 7) is 1.25. The Balaban J connectivity index is 1.54. The smallest absolute Gasteiger partial charge is 0.416 e. The number of amides is 2. The zero-order valence-electron chi connectivity index (χ0n) is 15.1. The Bertz CT molecular complexity index is 755. The van der Waals surface area contributed by atoms with E-state index in [1.807, 2.05) is 0 Å². The van der Waals surface area contributed by atoms with Crippen LogP contribution in [0.3, 0.4) is 0 Å². The first kappa shape index (κ1) is 20.2. The summed E-state index contributed by atoms with van der Waals surface area (Å²) in [6, 6.07) is 4.08. The molecule has 0 aromatic heterocycles. The molecule has 9 heteroatoms. The van der Waals surface area contributed by atoms with Gasteiger partial charge in [0.1, 0.15) is 0 Å². The van der Waals surface area contributed by atoms with E-state index in [9.17, 15) is 27.6 Å². The quantitative estimate of drug-likeness (QED) is 0.849. The third-order valence-corrected chi connectivity index (χ3v) is 5.47. The van der Waals surface area contributed by atoms with Crippen molar-refractivity contribution >= 4 is 17.8 Å². The molecule has 2 fully saturated rings. The highest BCUT2D eigenvalue weighted by atomic mass is 19.4. The van der Waals surface area contributed by atoms with E-state index < -0.39 is 23.6 Å². The van der Waals surface area contributed by atoms with Gasteiger partial charge in [0.2, 0.25) is 5.91 Å². The van der Waals surface area contributed by atoms with Gasteiger partial charge in [-0.3, -0.25) is 14.4 Å². The number of carbonyl (C=O) groups excluding carboxylic acids is 2. The molecule has 1 saturated heterocycles. The van der Waals surface area contributed by atoms with Gasteiger partial charge in [-0.2, -0.15) is 13.2 Å². The van der Waals surface area contributed by atoms with Gasteiger partial charge in [-0.15, -0.1) is 0 Å². The molecule has 1 aromatic carbocycles. The molecule has 3 rings (SSSR count). The highest BCUT2D eigenvalue weighted by Crippen LogP contribution is 2.33. The molecule has 1 heterocycles. The molecule has 152 valence electrons. The molecular formula is C19H21F3N2O4. The summed E-state index contributed by atoms with van der Waals surface area (Å²) in [5.74, 6) is -2.09. The number of benzene rings is 1. The summed E-state index contributed by atoms with van der Waals surface area (Å²) in [4.78, 5) is 39.3. The van der Waals surface area contributed by atoms with Crippen molar-refractivity contribution in [3.63, 3.8) is 0 Å². The topological polar surface area (TPSA) is 77.9 Å². The summed E-state index contributed by atoms with van der Waals surface area (Å²) < 4.78 is 37.9. The summed E-state index contributed by atoms with van der Waals surface area (Å²) >= 11 is 0. The zero-order chi connectivity index (χ0) is 20.5. The van der Waals surface area contributed by atoms with Crippen molar-refractivity contribution in [3.8, 4) is 0 Å². The maximum atomic E-state index is 12.6. The maximum absolute atomic E-state index is 12.6. The molecule has 1 N–H and O–H groups in total. The Morgan fingerprint density at radius 2 is 1.43 bits per heavy atom. The Kier molecular flexibility index (Phi) is 5.62. The minimum absolute atomic E-state index is 0.0784. The average Bonchev–Trinajstić information content (AvgIpc) is 3.17. The van der Waals surface area contributed by atoms with Gasteiger partial charge in [0, 0.05) is 37.7 Å². The second kappa shape index (κ2) is 7.81. The SMILES string of the molecule is O=C(O)[C@@H]1CC[C@H](C(=O)N2CCN(C(=O)c3ccc(C(F)(F)F)cc3)CC2)C1. The van der Waals surface area contributed by atoms with Crippen LogP contribution in [0.5, 0.6) is 0 Å². The Morgan fingerprint density at radius 1 is 0.893 bits per heavy atom.